The highest BCUT2D eigenvalue weighted by Gasteiger charge is 2.43. The summed E-state index contributed by atoms with van der Waals surface area (Å²) in [5, 5.41) is 0. The number of halogens is 1. The second-order valence-electron chi connectivity index (χ2n) is 7.84. The third kappa shape index (κ3) is 4.03. The van der Waals surface area contributed by atoms with E-state index in [9.17, 15) is 9.18 Å². The standard InChI is InChI=1S/C21H31FN2O2/c1-16(17-6-3-2-4-7-17)24-15-13-21(12-5-14-23,26-20(24)25)18-8-10-19(22)11-9-18/h8-11,16-17H,2-7,12-15,23H2,1H3/t16-,21+/m0/s1. The van der Waals surface area contributed by atoms with Gasteiger partial charge in [-0.15, -0.1) is 0 Å². The molecule has 26 heavy (non-hydrogen) atoms. The van der Waals surface area contributed by atoms with Crippen molar-refractivity contribution in [3.63, 3.8) is 0 Å². The van der Waals surface area contributed by atoms with Crippen LogP contribution in [0.1, 0.15) is 63.9 Å². The van der Waals surface area contributed by atoms with Crippen LogP contribution in [0.25, 0.3) is 0 Å². The van der Waals surface area contributed by atoms with Crippen LogP contribution in [0.15, 0.2) is 24.3 Å². The first kappa shape index (κ1) is 19.2. The second kappa shape index (κ2) is 8.38. The van der Waals surface area contributed by atoms with E-state index in [1.54, 1.807) is 12.1 Å². The van der Waals surface area contributed by atoms with Gasteiger partial charge in [0.25, 0.3) is 0 Å². The van der Waals surface area contributed by atoms with Gasteiger partial charge in [-0.25, -0.2) is 9.18 Å². The Morgan fingerprint density at radius 3 is 2.58 bits per heavy atom. The summed E-state index contributed by atoms with van der Waals surface area (Å²) < 4.78 is 19.4. The number of nitrogens with zero attached hydrogens (tertiary/aromatic N) is 1. The Labute approximate surface area is 155 Å². The molecule has 4 nitrogen and oxygen atoms in total. The molecule has 1 aromatic rings. The van der Waals surface area contributed by atoms with Crippen LogP contribution in [0, 0.1) is 11.7 Å². The normalized spacial score (nSPS) is 25.8. The fourth-order valence-electron chi connectivity index (χ4n) is 4.57. The van der Waals surface area contributed by atoms with E-state index in [2.05, 4.69) is 6.92 Å². The monoisotopic (exact) mass is 362 g/mol. The number of rotatable bonds is 6. The van der Waals surface area contributed by atoms with Crippen LogP contribution in [-0.2, 0) is 10.3 Å². The van der Waals surface area contributed by atoms with Gasteiger partial charge in [0.2, 0.25) is 0 Å². The molecular formula is C21H31FN2O2. The molecule has 2 N–H and O–H groups in total. The number of carbonyl (C=O) groups excluding carboxylic acids is 1. The van der Waals surface area contributed by atoms with Crippen LogP contribution < -0.4 is 5.73 Å². The number of nitrogens with two attached hydrogens (primary N) is 1. The third-order valence-electron chi connectivity index (χ3n) is 6.25. The summed E-state index contributed by atoms with van der Waals surface area (Å²) in [6, 6.07) is 6.55. The molecule has 144 valence electrons. The highest BCUT2D eigenvalue weighted by molar-refractivity contribution is 5.70. The van der Waals surface area contributed by atoms with Gasteiger partial charge < -0.3 is 15.4 Å². The fraction of sp³-hybridized carbons (Fsp3) is 0.667. The number of hydrogen-bond acceptors (Lipinski definition) is 3. The highest BCUT2D eigenvalue weighted by atomic mass is 19.1. The lowest BCUT2D eigenvalue weighted by molar-refractivity contribution is -0.0714. The SMILES string of the molecule is C[C@@H](C1CCCCC1)N1CC[C@](CCCN)(c2ccc(F)cc2)OC1=O. The van der Waals surface area contributed by atoms with E-state index in [0.29, 0.717) is 25.4 Å². The zero-order chi connectivity index (χ0) is 18.6. The molecule has 1 amide bonds. The lowest BCUT2D eigenvalue weighted by Gasteiger charge is -2.45. The third-order valence-corrected chi connectivity index (χ3v) is 6.25. The largest absolute Gasteiger partial charge is 0.438 e. The van der Waals surface area contributed by atoms with E-state index in [1.165, 1.54) is 44.2 Å². The molecule has 1 heterocycles. The van der Waals surface area contributed by atoms with Crippen LogP contribution in [0.4, 0.5) is 9.18 Å². The molecule has 1 saturated heterocycles. The molecule has 2 aliphatic rings. The molecule has 0 aromatic heterocycles. The van der Waals surface area contributed by atoms with E-state index in [4.69, 9.17) is 10.5 Å². The van der Waals surface area contributed by atoms with Crippen LogP contribution >= 0.6 is 0 Å². The van der Waals surface area contributed by atoms with Gasteiger partial charge in [0.1, 0.15) is 11.4 Å². The average molecular weight is 362 g/mol. The zero-order valence-electron chi connectivity index (χ0n) is 15.8. The molecule has 2 atom stereocenters. The summed E-state index contributed by atoms with van der Waals surface area (Å²) in [5.74, 6) is 0.288. The van der Waals surface area contributed by atoms with Crippen molar-refractivity contribution in [3.05, 3.63) is 35.6 Å². The molecule has 1 aliphatic carbocycles. The van der Waals surface area contributed by atoms with Crippen molar-refractivity contribution in [3.8, 4) is 0 Å². The topological polar surface area (TPSA) is 55.6 Å². The predicted molar refractivity (Wildman–Crippen MR) is 100 cm³/mol. The lowest BCUT2D eigenvalue weighted by atomic mass is 9.82. The zero-order valence-corrected chi connectivity index (χ0v) is 15.8. The quantitative estimate of drug-likeness (QED) is 0.806. The van der Waals surface area contributed by atoms with E-state index in [-0.39, 0.29) is 18.0 Å². The molecule has 1 aliphatic heterocycles. The van der Waals surface area contributed by atoms with Crippen molar-refractivity contribution < 1.29 is 13.9 Å². The first-order valence-electron chi connectivity index (χ1n) is 10.0. The first-order chi connectivity index (χ1) is 12.6. The molecule has 1 saturated carbocycles. The summed E-state index contributed by atoms with van der Waals surface area (Å²) >= 11 is 0. The van der Waals surface area contributed by atoms with Crippen LogP contribution in [0.2, 0.25) is 0 Å². The Bertz CT molecular complexity index is 601. The number of cyclic esters (lactones) is 1. The van der Waals surface area contributed by atoms with Gasteiger partial charge in [-0.05, 0) is 62.8 Å². The molecule has 5 heteroatoms. The molecular weight excluding hydrogens is 331 g/mol. The van der Waals surface area contributed by atoms with Crippen molar-refractivity contribution in [2.45, 2.75) is 69.9 Å². The Kier molecular flexibility index (Phi) is 6.17. The number of amides is 1. The van der Waals surface area contributed by atoms with Gasteiger partial charge in [0, 0.05) is 19.0 Å². The van der Waals surface area contributed by atoms with Crippen molar-refractivity contribution >= 4 is 6.09 Å². The lowest BCUT2D eigenvalue weighted by Crippen LogP contribution is -2.53. The molecule has 0 radical (unpaired) electrons. The number of carbonyl (C=O) groups is 1. The van der Waals surface area contributed by atoms with Crippen LogP contribution in [-0.4, -0.2) is 30.1 Å². The van der Waals surface area contributed by atoms with Gasteiger partial charge >= 0.3 is 6.09 Å². The minimum absolute atomic E-state index is 0.212. The summed E-state index contributed by atoms with van der Waals surface area (Å²) in [5.41, 5.74) is 5.88. The van der Waals surface area contributed by atoms with Gasteiger partial charge in [-0.2, -0.15) is 0 Å². The highest BCUT2D eigenvalue weighted by Crippen LogP contribution is 2.40. The van der Waals surface area contributed by atoms with Gasteiger partial charge in [-0.1, -0.05) is 31.4 Å². The fourth-order valence-corrected chi connectivity index (χ4v) is 4.57. The van der Waals surface area contributed by atoms with E-state index >= 15 is 0 Å². The molecule has 0 bridgehead atoms. The second-order valence-corrected chi connectivity index (χ2v) is 7.84. The average Bonchev–Trinajstić information content (AvgIpc) is 2.67. The Morgan fingerprint density at radius 2 is 1.96 bits per heavy atom. The summed E-state index contributed by atoms with van der Waals surface area (Å²) in [7, 11) is 0. The Balaban J connectivity index is 1.75. The van der Waals surface area contributed by atoms with Crippen molar-refractivity contribution in [1.29, 1.82) is 0 Å². The number of benzene rings is 1. The maximum absolute atomic E-state index is 13.3. The molecule has 2 fully saturated rings. The van der Waals surface area contributed by atoms with Crippen molar-refractivity contribution in [2.24, 2.45) is 11.7 Å². The van der Waals surface area contributed by atoms with Gasteiger partial charge in [-0.3, -0.25) is 0 Å². The molecule has 0 spiro atoms. The van der Waals surface area contributed by atoms with E-state index in [0.717, 1.165) is 18.4 Å². The Morgan fingerprint density at radius 1 is 1.27 bits per heavy atom. The summed E-state index contributed by atoms with van der Waals surface area (Å²) in [6.07, 6.45) is 8.14. The van der Waals surface area contributed by atoms with E-state index in [1.807, 2.05) is 4.90 Å². The minimum Gasteiger partial charge on any atom is -0.438 e. The number of hydrogen-bond donors (Lipinski definition) is 1. The van der Waals surface area contributed by atoms with Gasteiger partial charge in [0.05, 0.1) is 0 Å². The smallest absolute Gasteiger partial charge is 0.410 e. The van der Waals surface area contributed by atoms with Crippen LogP contribution in [0.3, 0.4) is 0 Å². The molecule has 3 rings (SSSR count). The molecule has 1 aromatic carbocycles. The van der Waals surface area contributed by atoms with Crippen molar-refractivity contribution in [2.75, 3.05) is 13.1 Å². The minimum atomic E-state index is -0.688. The summed E-state index contributed by atoms with van der Waals surface area (Å²) in [4.78, 5) is 14.8. The predicted octanol–water partition coefficient (Wildman–Crippen LogP) is 4.57. The molecule has 0 unspecified atom stereocenters. The summed E-state index contributed by atoms with van der Waals surface area (Å²) in [6.45, 7) is 3.38. The van der Waals surface area contributed by atoms with E-state index < -0.39 is 5.60 Å². The number of ether oxygens (including phenoxy) is 1. The maximum Gasteiger partial charge on any atom is 0.410 e. The Hall–Kier alpha value is -1.62. The van der Waals surface area contributed by atoms with Gasteiger partial charge in [0.15, 0.2) is 0 Å². The van der Waals surface area contributed by atoms with Crippen LogP contribution in [0.5, 0.6) is 0 Å². The maximum atomic E-state index is 13.3. The first-order valence-corrected chi connectivity index (χ1v) is 10.0. The van der Waals surface area contributed by atoms with Crippen molar-refractivity contribution in [1.82, 2.24) is 4.90 Å².